The fourth-order valence-electron chi connectivity index (χ4n) is 2.97. The van der Waals surface area contributed by atoms with Crippen LogP contribution in [0.4, 0.5) is 9.52 Å². The Bertz CT molecular complexity index is 935. The molecule has 1 aromatic carbocycles. The summed E-state index contributed by atoms with van der Waals surface area (Å²) in [7, 11) is 0. The van der Waals surface area contributed by atoms with Crippen molar-refractivity contribution in [2.75, 3.05) is 18.4 Å². The van der Waals surface area contributed by atoms with Crippen LogP contribution in [0.25, 0.3) is 0 Å². The van der Waals surface area contributed by atoms with Gasteiger partial charge in [-0.2, -0.15) is 0 Å². The molecule has 1 fully saturated rings. The van der Waals surface area contributed by atoms with Crippen molar-refractivity contribution in [1.29, 1.82) is 0 Å². The first-order valence-electron chi connectivity index (χ1n) is 8.69. The van der Waals surface area contributed by atoms with Crippen LogP contribution < -0.4 is 10.6 Å². The second-order valence-electron chi connectivity index (χ2n) is 6.29. The third-order valence-corrected chi connectivity index (χ3v) is 5.25. The minimum absolute atomic E-state index is 0.236. The fraction of sp³-hybridized carbons (Fsp3) is 0.353. The number of carbonyl (C=O) groups excluding carboxylic acids is 1. The van der Waals surface area contributed by atoms with E-state index in [1.54, 1.807) is 29.1 Å². The lowest BCUT2D eigenvalue weighted by atomic mass is 10.1. The lowest BCUT2D eigenvalue weighted by Crippen LogP contribution is -2.29. The SMILES string of the molecule is O=C(Nc1nnc(Cc2ccccc2F)s1)c1cn(C2CCNCC2)nn1. The van der Waals surface area contributed by atoms with Crippen LogP contribution in [0.2, 0.25) is 0 Å². The molecule has 3 aromatic rings. The molecule has 0 aliphatic carbocycles. The average Bonchev–Trinajstić information content (AvgIpc) is 3.34. The number of aromatic nitrogens is 5. The van der Waals surface area contributed by atoms with Gasteiger partial charge in [-0.1, -0.05) is 34.7 Å². The zero-order chi connectivity index (χ0) is 18.6. The molecule has 8 nitrogen and oxygen atoms in total. The summed E-state index contributed by atoms with van der Waals surface area (Å²) in [6, 6.07) is 6.78. The zero-order valence-electron chi connectivity index (χ0n) is 14.4. The van der Waals surface area contributed by atoms with E-state index in [2.05, 4.69) is 31.1 Å². The molecule has 140 valence electrons. The molecule has 0 saturated carbocycles. The van der Waals surface area contributed by atoms with Crippen LogP contribution in [0.1, 0.15) is 39.9 Å². The van der Waals surface area contributed by atoms with Crippen molar-refractivity contribution < 1.29 is 9.18 Å². The molecule has 2 N–H and O–H groups in total. The van der Waals surface area contributed by atoms with Gasteiger partial charge in [-0.05, 0) is 37.6 Å². The van der Waals surface area contributed by atoms with Gasteiger partial charge in [-0.3, -0.25) is 10.1 Å². The molecule has 0 spiro atoms. The molecule has 4 rings (SSSR count). The number of hydrogen-bond acceptors (Lipinski definition) is 7. The number of carbonyl (C=O) groups is 1. The number of rotatable bonds is 5. The Labute approximate surface area is 158 Å². The summed E-state index contributed by atoms with van der Waals surface area (Å²) in [6.07, 6.45) is 3.90. The molecule has 0 unspecified atom stereocenters. The summed E-state index contributed by atoms with van der Waals surface area (Å²) in [5, 5.41) is 22.9. The van der Waals surface area contributed by atoms with Crippen molar-refractivity contribution in [2.24, 2.45) is 0 Å². The molecule has 0 atom stereocenters. The van der Waals surface area contributed by atoms with E-state index in [0.717, 1.165) is 25.9 Å². The minimum Gasteiger partial charge on any atom is -0.317 e. The molecule has 10 heteroatoms. The van der Waals surface area contributed by atoms with Crippen molar-refractivity contribution >= 4 is 22.4 Å². The largest absolute Gasteiger partial charge is 0.317 e. The Hall–Kier alpha value is -2.72. The van der Waals surface area contributed by atoms with Crippen LogP contribution >= 0.6 is 11.3 Å². The first kappa shape index (κ1) is 17.7. The molecule has 3 heterocycles. The number of nitrogens with one attached hydrogen (secondary N) is 2. The van der Waals surface area contributed by atoms with Gasteiger partial charge in [0.1, 0.15) is 10.8 Å². The Morgan fingerprint density at radius 3 is 2.89 bits per heavy atom. The first-order chi connectivity index (χ1) is 13.2. The van der Waals surface area contributed by atoms with Crippen molar-refractivity contribution in [3.63, 3.8) is 0 Å². The molecular weight excluding hydrogens is 369 g/mol. The van der Waals surface area contributed by atoms with Gasteiger partial charge in [0.25, 0.3) is 5.91 Å². The fourth-order valence-corrected chi connectivity index (χ4v) is 3.73. The summed E-state index contributed by atoms with van der Waals surface area (Å²) in [5.74, 6) is -0.670. The Morgan fingerprint density at radius 2 is 2.07 bits per heavy atom. The van der Waals surface area contributed by atoms with Crippen LogP contribution in [0.3, 0.4) is 0 Å². The van der Waals surface area contributed by atoms with E-state index in [0.29, 0.717) is 22.1 Å². The Kier molecular flexibility index (Phi) is 5.16. The quantitative estimate of drug-likeness (QED) is 0.695. The van der Waals surface area contributed by atoms with E-state index in [1.807, 2.05) is 0 Å². The standard InChI is InChI=1S/C17H18FN7OS/c18-13-4-2-1-3-11(13)9-15-22-23-17(27-15)20-16(26)14-10-25(24-21-14)12-5-7-19-8-6-12/h1-4,10,12,19H,5-9H2,(H,20,23,26). The summed E-state index contributed by atoms with van der Waals surface area (Å²) in [5.41, 5.74) is 0.774. The van der Waals surface area contributed by atoms with E-state index in [1.165, 1.54) is 17.4 Å². The molecule has 2 aromatic heterocycles. The van der Waals surface area contributed by atoms with E-state index < -0.39 is 0 Å². The highest BCUT2D eigenvalue weighted by Crippen LogP contribution is 2.21. The zero-order valence-corrected chi connectivity index (χ0v) is 15.2. The maximum atomic E-state index is 13.7. The number of halogens is 1. The Morgan fingerprint density at radius 1 is 1.26 bits per heavy atom. The van der Waals surface area contributed by atoms with Crippen LogP contribution in [-0.4, -0.2) is 44.2 Å². The molecule has 0 bridgehead atoms. The predicted molar refractivity (Wildman–Crippen MR) is 98.2 cm³/mol. The minimum atomic E-state index is -0.385. The van der Waals surface area contributed by atoms with Crippen LogP contribution in [-0.2, 0) is 6.42 Å². The highest BCUT2D eigenvalue weighted by molar-refractivity contribution is 7.15. The van der Waals surface area contributed by atoms with Gasteiger partial charge in [-0.25, -0.2) is 9.07 Å². The van der Waals surface area contributed by atoms with Crippen molar-refractivity contribution in [3.8, 4) is 0 Å². The van der Waals surface area contributed by atoms with Crippen LogP contribution in [0, 0.1) is 5.82 Å². The number of hydrogen-bond donors (Lipinski definition) is 2. The van der Waals surface area contributed by atoms with Crippen molar-refractivity contribution in [2.45, 2.75) is 25.3 Å². The lowest BCUT2D eigenvalue weighted by molar-refractivity contribution is 0.102. The van der Waals surface area contributed by atoms with E-state index in [-0.39, 0.29) is 23.5 Å². The van der Waals surface area contributed by atoms with Gasteiger partial charge >= 0.3 is 0 Å². The van der Waals surface area contributed by atoms with Gasteiger partial charge in [0.2, 0.25) is 5.13 Å². The molecule has 0 radical (unpaired) electrons. The number of nitrogens with zero attached hydrogens (tertiary/aromatic N) is 5. The first-order valence-corrected chi connectivity index (χ1v) is 9.50. The third kappa shape index (κ3) is 4.17. The summed E-state index contributed by atoms with van der Waals surface area (Å²) < 4.78 is 15.5. The monoisotopic (exact) mass is 387 g/mol. The molecule has 1 aliphatic rings. The smallest absolute Gasteiger partial charge is 0.279 e. The summed E-state index contributed by atoms with van der Waals surface area (Å²) in [4.78, 5) is 12.4. The second-order valence-corrected chi connectivity index (χ2v) is 7.35. The molecule has 27 heavy (non-hydrogen) atoms. The molecule has 1 saturated heterocycles. The van der Waals surface area contributed by atoms with Crippen LogP contribution in [0.15, 0.2) is 30.5 Å². The Balaban J connectivity index is 1.39. The highest BCUT2D eigenvalue weighted by atomic mass is 32.1. The molecular formula is C17H18FN7OS. The summed E-state index contributed by atoms with van der Waals surface area (Å²) >= 11 is 1.21. The van der Waals surface area contributed by atoms with Crippen molar-refractivity contribution in [3.05, 3.63) is 52.5 Å². The van der Waals surface area contributed by atoms with Crippen LogP contribution in [0.5, 0.6) is 0 Å². The molecule has 1 aliphatic heterocycles. The second kappa shape index (κ2) is 7.89. The van der Waals surface area contributed by atoms with E-state index in [4.69, 9.17) is 0 Å². The lowest BCUT2D eigenvalue weighted by Gasteiger charge is -2.21. The van der Waals surface area contributed by atoms with E-state index >= 15 is 0 Å². The average molecular weight is 387 g/mol. The number of amides is 1. The van der Waals surface area contributed by atoms with Crippen molar-refractivity contribution in [1.82, 2.24) is 30.5 Å². The maximum absolute atomic E-state index is 13.7. The predicted octanol–water partition coefficient (Wildman–Crippen LogP) is 2.04. The van der Waals surface area contributed by atoms with Gasteiger partial charge in [-0.15, -0.1) is 15.3 Å². The molecule has 1 amide bonds. The highest BCUT2D eigenvalue weighted by Gasteiger charge is 2.19. The maximum Gasteiger partial charge on any atom is 0.279 e. The normalized spacial score (nSPS) is 15.0. The van der Waals surface area contributed by atoms with E-state index in [9.17, 15) is 9.18 Å². The number of benzene rings is 1. The topological polar surface area (TPSA) is 97.6 Å². The van der Waals surface area contributed by atoms with Gasteiger partial charge in [0.15, 0.2) is 5.69 Å². The van der Waals surface area contributed by atoms with Gasteiger partial charge in [0.05, 0.1) is 12.2 Å². The number of piperidine rings is 1. The van der Waals surface area contributed by atoms with Gasteiger partial charge in [0, 0.05) is 6.42 Å². The van der Waals surface area contributed by atoms with Gasteiger partial charge < -0.3 is 5.32 Å². The summed E-state index contributed by atoms with van der Waals surface area (Å²) in [6.45, 7) is 1.86. The third-order valence-electron chi connectivity index (χ3n) is 4.41. The number of anilines is 1.